The second kappa shape index (κ2) is 8.46. The number of hydrogen-bond acceptors (Lipinski definition) is 2. The molecule has 0 bridgehead atoms. The second-order valence-electron chi connectivity index (χ2n) is 8.43. The van der Waals surface area contributed by atoms with Crippen molar-refractivity contribution in [2.45, 2.75) is 65.3 Å². The topological polar surface area (TPSA) is 40.5 Å². The maximum absolute atomic E-state index is 12.8. The largest absolute Gasteiger partial charge is 0.336 e. The lowest BCUT2D eigenvalue weighted by Gasteiger charge is -2.44. The van der Waals surface area contributed by atoms with Gasteiger partial charge >= 0.3 is 6.03 Å². The van der Waals surface area contributed by atoms with Crippen LogP contribution in [0.3, 0.4) is 0 Å². The third-order valence-corrected chi connectivity index (χ3v) is 7.53. The number of aromatic nitrogens is 1. The number of urea groups is 1. The molecular weight excluding hydrogens is 475 g/mol. The number of fused-ring (bicyclic) bond motifs is 2. The summed E-state index contributed by atoms with van der Waals surface area (Å²) in [6, 6.07) is 5.19. The van der Waals surface area contributed by atoms with E-state index in [4.69, 9.17) is 0 Å². The minimum absolute atomic E-state index is 0.0220. The fraction of sp³-hybridized carbons (Fsp3) is 0.609. The van der Waals surface area contributed by atoms with Crippen LogP contribution in [0.25, 0.3) is 10.9 Å². The predicted octanol–water partition coefficient (Wildman–Crippen LogP) is 5.07. The van der Waals surface area contributed by atoms with Gasteiger partial charge in [0.1, 0.15) is 0 Å². The molecule has 5 nitrogen and oxygen atoms in total. The molecule has 4 rings (SSSR count). The van der Waals surface area contributed by atoms with E-state index in [1.54, 1.807) is 0 Å². The van der Waals surface area contributed by atoms with Gasteiger partial charge in [-0.2, -0.15) is 0 Å². The lowest BCUT2D eigenvalue weighted by Crippen LogP contribution is -2.47. The quantitative estimate of drug-likeness (QED) is 0.573. The Kier molecular flexibility index (Phi) is 6.11. The molecule has 1 aromatic carbocycles. The molecule has 0 radical (unpaired) electrons. The number of hydrogen-bond donors (Lipinski definition) is 1. The van der Waals surface area contributed by atoms with Crippen LogP contribution in [-0.2, 0) is 6.42 Å². The second-order valence-corrected chi connectivity index (χ2v) is 9.68. The van der Waals surface area contributed by atoms with Gasteiger partial charge in [-0.1, -0.05) is 6.92 Å². The molecule has 158 valence electrons. The molecule has 2 aromatic rings. The molecule has 1 saturated heterocycles. The highest BCUT2D eigenvalue weighted by Gasteiger charge is 2.39. The number of nitrogens with zero attached hydrogens (tertiary/aromatic N) is 3. The first-order valence-corrected chi connectivity index (χ1v) is 12.2. The monoisotopic (exact) mass is 508 g/mol. The van der Waals surface area contributed by atoms with Crippen molar-refractivity contribution in [3.8, 4) is 0 Å². The fourth-order valence-corrected chi connectivity index (χ4v) is 6.14. The lowest BCUT2D eigenvalue weighted by atomic mass is 9.74. The molecule has 2 amide bonds. The van der Waals surface area contributed by atoms with Crippen LogP contribution in [0.15, 0.2) is 12.1 Å². The third-order valence-electron chi connectivity index (χ3n) is 6.90. The molecule has 2 atom stereocenters. The van der Waals surface area contributed by atoms with Crippen LogP contribution >= 0.6 is 22.6 Å². The average Bonchev–Trinajstić information content (AvgIpc) is 2.96. The summed E-state index contributed by atoms with van der Waals surface area (Å²) < 4.78 is 3.30. The number of benzene rings is 1. The first-order valence-electron chi connectivity index (χ1n) is 11.1. The van der Waals surface area contributed by atoms with Crippen molar-refractivity contribution in [3.05, 3.63) is 32.5 Å². The highest BCUT2D eigenvalue weighted by atomic mass is 127. The van der Waals surface area contributed by atoms with Gasteiger partial charge in [-0.3, -0.25) is 9.58 Å². The van der Waals surface area contributed by atoms with E-state index >= 15 is 0 Å². The van der Waals surface area contributed by atoms with E-state index in [0.29, 0.717) is 25.0 Å². The van der Waals surface area contributed by atoms with E-state index in [1.165, 1.54) is 58.1 Å². The smallest absolute Gasteiger partial charge is 0.324 e. The molecule has 2 heterocycles. The van der Waals surface area contributed by atoms with Gasteiger partial charge in [-0.05, 0) is 105 Å². The van der Waals surface area contributed by atoms with Crippen LogP contribution < -0.4 is 5.43 Å². The molecule has 0 saturated carbocycles. The number of likely N-dealkylation sites (tertiary alicyclic amines) is 1. The van der Waals surface area contributed by atoms with Crippen molar-refractivity contribution in [3.63, 3.8) is 0 Å². The van der Waals surface area contributed by atoms with Crippen molar-refractivity contribution in [1.29, 1.82) is 0 Å². The number of piperidine rings is 1. The van der Waals surface area contributed by atoms with Crippen LogP contribution in [0.5, 0.6) is 0 Å². The number of halogens is 1. The summed E-state index contributed by atoms with van der Waals surface area (Å²) in [5.41, 5.74) is 8.46. The van der Waals surface area contributed by atoms with Crippen molar-refractivity contribution in [1.82, 2.24) is 14.5 Å². The summed E-state index contributed by atoms with van der Waals surface area (Å²) in [7, 11) is 0. The Bertz CT molecular complexity index is 915. The zero-order valence-electron chi connectivity index (χ0n) is 18.1. The summed E-state index contributed by atoms with van der Waals surface area (Å²) in [5, 5.41) is 1.39. The molecule has 1 N–H and O–H groups in total. The van der Waals surface area contributed by atoms with Crippen molar-refractivity contribution in [2.24, 2.45) is 0 Å². The Morgan fingerprint density at radius 3 is 2.72 bits per heavy atom. The Hall–Kier alpha value is -1.28. The molecule has 1 fully saturated rings. The van der Waals surface area contributed by atoms with Crippen LogP contribution in [0.2, 0.25) is 0 Å². The highest BCUT2D eigenvalue weighted by molar-refractivity contribution is 14.1. The standard InChI is InChI=1S/C23H33IN4O/c1-5-10-27-11-8-9-17-19-12-16(24)13-21-22(19)18(14-20(17)27)15(4)28(21)25-23(29)26(6-2)7-3/h12-13,17,20H,5-11,14H2,1-4H3,(H,25,29)/t17-,20-/m1/s1. The summed E-state index contributed by atoms with van der Waals surface area (Å²) in [6.45, 7) is 12.3. The van der Waals surface area contributed by atoms with Gasteiger partial charge in [0.05, 0.1) is 5.52 Å². The molecule has 1 aromatic heterocycles. The number of carbonyl (C=O) groups excluding carboxylic acids is 1. The highest BCUT2D eigenvalue weighted by Crippen LogP contribution is 2.45. The van der Waals surface area contributed by atoms with E-state index in [0.717, 1.165) is 11.9 Å². The fourth-order valence-electron chi connectivity index (χ4n) is 5.51. The summed E-state index contributed by atoms with van der Waals surface area (Å²) in [4.78, 5) is 17.4. The van der Waals surface area contributed by atoms with Crippen LogP contribution in [0.4, 0.5) is 4.79 Å². The summed E-state index contributed by atoms with van der Waals surface area (Å²) in [6.07, 6.45) is 4.85. The van der Waals surface area contributed by atoms with Crippen LogP contribution in [0.1, 0.15) is 62.8 Å². The van der Waals surface area contributed by atoms with Gasteiger partial charge in [0, 0.05) is 39.7 Å². The molecule has 0 spiro atoms. The Labute approximate surface area is 187 Å². The van der Waals surface area contributed by atoms with E-state index in [9.17, 15) is 4.79 Å². The van der Waals surface area contributed by atoms with E-state index in [1.807, 2.05) is 18.7 Å². The lowest BCUT2D eigenvalue weighted by molar-refractivity contribution is 0.124. The first-order chi connectivity index (χ1) is 14.0. The molecule has 29 heavy (non-hydrogen) atoms. The maximum atomic E-state index is 12.8. The number of nitrogens with one attached hydrogen (secondary N) is 1. The van der Waals surface area contributed by atoms with Gasteiger partial charge < -0.3 is 4.90 Å². The summed E-state index contributed by atoms with van der Waals surface area (Å²) >= 11 is 2.44. The van der Waals surface area contributed by atoms with Crippen molar-refractivity contribution in [2.75, 3.05) is 31.6 Å². The van der Waals surface area contributed by atoms with Gasteiger partial charge in [0.2, 0.25) is 0 Å². The van der Waals surface area contributed by atoms with Gasteiger partial charge in [0.25, 0.3) is 0 Å². The molecule has 2 aliphatic rings. The number of carbonyl (C=O) groups is 1. The number of amides is 2. The molecule has 0 unspecified atom stereocenters. The van der Waals surface area contributed by atoms with Crippen LogP contribution in [-0.4, -0.2) is 52.7 Å². The molecule has 1 aliphatic carbocycles. The SMILES string of the molecule is CCCN1CCC[C@@H]2c3cc(I)cc4c3c(c(C)n4NC(=O)N(CC)CC)C[C@H]21. The molecule has 6 heteroatoms. The van der Waals surface area contributed by atoms with Gasteiger partial charge in [-0.15, -0.1) is 0 Å². The van der Waals surface area contributed by atoms with Crippen LogP contribution in [0, 0.1) is 10.5 Å². The number of rotatable bonds is 5. The van der Waals surface area contributed by atoms with E-state index < -0.39 is 0 Å². The zero-order valence-corrected chi connectivity index (χ0v) is 20.3. The first kappa shape index (κ1) is 21.0. The van der Waals surface area contributed by atoms with Gasteiger partial charge in [-0.25, -0.2) is 10.2 Å². The van der Waals surface area contributed by atoms with E-state index in [2.05, 4.69) is 63.6 Å². The molecular formula is C23H33IN4O. The van der Waals surface area contributed by atoms with Crippen molar-refractivity contribution >= 4 is 39.5 Å². The average molecular weight is 508 g/mol. The Morgan fingerprint density at radius 1 is 1.28 bits per heavy atom. The minimum atomic E-state index is -0.0220. The van der Waals surface area contributed by atoms with Crippen molar-refractivity contribution < 1.29 is 4.79 Å². The Balaban J connectivity index is 1.82. The van der Waals surface area contributed by atoms with Gasteiger partial charge in [0.15, 0.2) is 0 Å². The van der Waals surface area contributed by atoms with E-state index in [-0.39, 0.29) is 6.03 Å². The zero-order chi connectivity index (χ0) is 20.7. The Morgan fingerprint density at radius 2 is 2.03 bits per heavy atom. The normalized spacial score (nSPS) is 21.3. The minimum Gasteiger partial charge on any atom is -0.324 e. The maximum Gasteiger partial charge on any atom is 0.336 e. The summed E-state index contributed by atoms with van der Waals surface area (Å²) in [5.74, 6) is 0.605. The third kappa shape index (κ3) is 3.56. The molecule has 1 aliphatic heterocycles. The predicted molar refractivity (Wildman–Crippen MR) is 128 cm³/mol.